The predicted octanol–water partition coefficient (Wildman–Crippen LogP) is 1.34. The number of anilines is 4. The molecule has 26 heavy (non-hydrogen) atoms. The van der Waals surface area contributed by atoms with Crippen LogP contribution in [-0.4, -0.2) is 43.2 Å². The Morgan fingerprint density at radius 2 is 1.81 bits per heavy atom. The standard InChI is InChI=1S/C16H15N7O3/c1-23(9-4-2-8(3-5-9)6-10(24)15(25)26)11-7-19-14-12(20-11)13(17)21-16(18)22-14/h2-7,24H,1H3,(H,25,26)(H4,17,18,19,21,22). The molecule has 0 fully saturated rings. The maximum atomic E-state index is 10.6. The summed E-state index contributed by atoms with van der Waals surface area (Å²) < 4.78 is 0. The highest BCUT2D eigenvalue weighted by Crippen LogP contribution is 2.24. The zero-order chi connectivity index (χ0) is 18.8. The molecule has 0 radical (unpaired) electrons. The first-order valence-electron chi connectivity index (χ1n) is 7.38. The van der Waals surface area contributed by atoms with Crippen LogP contribution in [0.2, 0.25) is 0 Å². The number of carboxylic acid groups (broad SMARTS) is 1. The van der Waals surface area contributed by atoms with E-state index in [1.807, 2.05) is 0 Å². The summed E-state index contributed by atoms with van der Waals surface area (Å²) in [5.74, 6) is -1.45. The van der Waals surface area contributed by atoms with E-state index in [-0.39, 0.29) is 11.8 Å². The second kappa shape index (κ2) is 6.51. The number of nitrogens with two attached hydrogens (primary N) is 2. The van der Waals surface area contributed by atoms with Crippen LogP contribution in [0.3, 0.4) is 0 Å². The lowest BCUT2D eigenvalue weighted by atomic mass is 10.1. The first-order chi connectivity index (χ1) is 12.3. The zero-order valence-corrected chi connectivity index (χ0v) is 13.7. The molecule has 10 heteroatoms. The number of carbonyl (C=O) groups is 1. The minimum Gasteiger partial charge on any atom is -0.502 e. The third-order valence-corrected chi connectivity index (χ3v) is 3.59. The minimum absolute atomic E-state index is 0.0265. The van der Waals surface area contributed by atoms with Gasteiger partial charge in [0, 0.05) is 12.7 Å². The maximum absolute atomic E-state index is 10.6. The normalized spacial score (nSPS) is 11.5. The third kappa shape index (κ3) is 3.29. The Hall–Kier alpha value is -3.95. The summed E-state index contributed by atoms with van der Waals surface area (Å²) in [7, 11) is 1.78. The molecule has 132 valence electrons. The largest absolute Gasteiger partial charge is 0.502 e. The van der Waals surface area contributed by atoms with Gasteiger partial charge in [0.15, 0.2) is 22.8 Å². The maximum Gasteiger partial charge on any atom is 0.370 e. The zero-order valence-electron chi connectivity index (χ0n) is 13.7. The van der Waals surface area contributed by atoms with E-state index in [1.54, 1.807) is 36.2 Å². The lowest BCUT2D eigenvalue weighted by Gasteiger charge is -2.18. The van der Waals surface area contributed by atoms with Gasteiger partial charge >= 0.3 is 5.97 Å². The smallest absolute Gasteiger partial charge is 0.370 e. The summed E-state index contributed by atoms with van der Waals surface area (Å²) >= 11 is 0. The molecule has 2 heterocycles. The van der Waals surface area contributed by atoms with Gasteiger partial charge in [-0.05, 0) is 23.8 Å². The van der Waals surface area contributed by atoms with Gasteiger partial charge in [-0.1, -0.05) is 12.1 Å². The van der Waals surface area contributed by atoms with Crippen LogP contribution in [0.4, 0.5) is 23.3 Å². The Morgan fingerprint density at radius 3 is 2.46 bits per heavy atom. The first-order valence-corrected chi connectivity index (χ1v) is 7.38. The van der Waals surface area contributed by atoms with E-state index in [2.05, 4.69) is 19.9 Å². The minimum atomic E-state index is -1.39. The fraction of sp³-hybridized carbons (Fsp3) is 0.0625. The van der Waals surface area contributed by atoms with Gasteiger partial charge in [0.25, 0.3) is 0 Å². The number of benzene rings is 1. The number of aliphatic hydroxyl groups excluding tert-OH is 1. The highest BCUT2D eigenvalue weighted by Gasteiger charge is 2.11. The Kier molecular flexibility index (Phi) is 4.23. The molecule has 1 aromatic carbocycles. The van der Waals surface area contributed by atoms with Gasteiger partial charge in [-0.15, -0.1) is 0 Å². The van der Waals surface area contributed by atoms with E-state index in [0.29, 0.717) is 22.5 Å². The predicted molar refractivity (Wildman–Crippen MR) is 96.7 cm³/mol. The van der Waals surface area contributed by atoms with Crippen molar-refractivity contribution >= 4 is 46.5 Å². The summed E-state index contributed by atoms with van der Waals surface area (Å²) in [6.07, 6.45) is 2.68. The summed E-state index contributed by atoms with van der Waals surface area (Å²) in [6, 6.07) is 6.82. The van der Waals surface area contributed by atoms with Gasteiger partial charge in [0.2, 0.25) is 11.7 Å². The van der Waals surface area contributed by atoms with Crippen molar-refractivity contribution in [3.05, 3.63) is 41.8 Å². The number of aliphatic carboxylic acids is 1. The fourth-order valence-corrected chi connectivity index (χ4v) is 2.24. The van der Waals surface area contributed by atoms with Crippen LogP contribution >= 0.6 is 0 Å². The Balaban J connectivity index is 1.92. The van der Waals surface area contributed by atoms with Gasteiger partial charge in [0.1, 0.15) is 0 Å². The van der Waals surface area contributed by atoms with Crippen molar-refractivity contribution in [2.75, 3.05) is 23.4 Å². The molecule has 0 aliphatic rings. The van der Waals surface area contributed by atoms with Crippen LogP contribution in [0.5, 0.6) is 0 Å². The average molecular weight is 353 g/mol. The molecule has 0 spiro atoms. The molecule has 0 unspecified atom stereocenters. The third-order valence-electron chi connectivity index (χ3n) is 3.59. The summed E-state index contributed by atoms with van der Waals surface area (Å²) in [6.45, 7) is 0. The van der Waals surface area contributed by atoms with Crippen LogP contribution < -0.4 is 16.4 Å². The number of aromatic nitrogens is 4. The molecule has 6 N–H and O–H groups in total. The highest BCUT2D eigenvalue weighted by atomic mass is 16.4. The molecule has 0 aliphatic heterocycles. The van der Waals surface area contributed by atoms with Crippen LogP contribution in [0, 0.1) is 0 Å². The van der Waals surface area contributed by atoms with E-state index in [4.69, 9.17) is 16.6 Å². The van der Waals surface area contributed by atoms with Crippen molar-refractivity contribution in [3.8, 4) is 0 Å². The molecular formula is C16H15N7O3. The monoisotopic (exact) mass is 353 g/mol. The van der Waals surface area contributed by atoms with Crippen molar-refractivity contribution in [1.82, 2.24) is 19.9 Å². The van der Waals surface area contributed by atoms with Crippen molar-refractivity contribution in [2.45, 2.75) is 0 Å². The molecule has 10 nitrogen and oxygen atoms in total. The van der Waals surface area contributed by atoms with Gasteiger partial charge in [-0.25, -0.2) is 14.8 Å². The molecule has 2 aromatic heterocycles. The van der Waals surface area contributed by atoms with Crippen molar-refractivity contribution in [1.29, 1.82) is 0 Å². The van der Waals surface area contributed by atoms with Crippen LogP contribution in [-0.2, 0) is 4.79 Å². The molecule has 0 atom stereocenters. The van der Waals surface area contributed by atoms with E-state index in [1.165, 1.54) is 6.20 Å². The van der Waals surface area contributed by atoms with Crippen molar-refractivity contribution in [2.24, 2.45) is 0 Å². The number of hydrogen-bond acceptors (Lipinski definition) is 9. The van der Waals surface area contributed by atoms with Gasteiger partial charge in [-0.2, -0.15) is 9.97 Å². The fourth-order valence-electron chi connectivity index (χ4n) is 2.24. The molecule has 0 bridgehead atoms. The van der Waals surface area contributed by atoms with Gasteiger partial charge in [0.05, 0.1) is 6.20 Å². The molecule has 0 saturated heterocycles. The van der Waals surface area contributed by atoms with Crippen LogP contribution in [0.15, 0.2) is 36.2 Å². The number of carboxylic acids is 1. The Labute approximate surface area is 147 Å². The SMILES string of the molecule is CN(c1ccc(C=C(O)C(=O)O)cc1)c1cnc2nc(N)nc(N)c2n1. The number of nitrogen functional groups attached to an aromatic ring is 2. The second-order valence-electron chi connectivity index (χ2n) is 5.35. The number of nitrogens with zero attached hydrogens (tertiary/aromatic N) is 5. The Bertz CT molecular complexity index is 1020. The van der Waals surface area contributed by atoms with Crippen molar-refractivity contribution in [3.63, 3.8) is 0 Å². The Morgan fingerprint density at radius 1 is 1.12 bits per heavy atom. The summed E-state index contributed by atoms with van der Waals surface area (Å²) in [5.41, 5.74) is 13.3. The summed E-state index contributed by atoms with van der Waals surface area (Å²) in [4.78, 5) is 28.9. The second-order valence-corrected chi connectivity index (χ2v) is 5.35. The van der Waals surface area contributed by atoms with E-state index < -0.39 is 11.7 Å². The number of rotatable bonds is 4. The van der Waals surface area contributed by atoms with Gasteiger partial charge in [-0.3, -0.25) is 0 Å². The van der Waals surface area contributed by atoms with Gasteiger partial charge < -0.3 is 26.6 Å². The molecule has 0 aliphatic carbocycles. The lowest BCUT2D eigenvalue weighted by Crippen LogP contribution is -2.12. The first kappa shape index (κ1) is 16.9. The average Bonchev–Trinajstić information content (AvgIpc) is 2.61. The van der Waals surface area contributed by atoms with E-state index in [0.717, 1.165) is 11.8 Å². The van der Waals surface area contributed by atoms with E-state index >= 15 is 0 Å². The number of aliphatic hydroxyl groups is 1. The molecule has 3 aromatic rings. The number of hydrogen-bond donors (Lipinski definition) is 4. The highest BCUT2D eigenvalue weighted by molar-refractivity contribution is 5.89. The summed E-state index contributed by atoms with van der Waals surface area (Å²) in [5, 5.41) is 18.0. The number of fused-ring (bicyclic) bond motifs is 1. The topological polar surface area (TPSA) is 164 Å². The van der Waals surface area contributed by atoms with Crippen LogP contribution in [0.1, 0.15) is 5.56 Å². The molecular weight excluding hydrogens is 338 g/mol. The molecule has 0 amide bonds. The van der Waals surface area contributed by atoms with E-state index in [9.17, 15) is 9.90 Å². The molecule has 3 rings (SSSR count). The quantitative estimate of drug-likeness (QED) is 0.397. The van der Waals surface area contributed by atoms with Crippen molar-refractivity contribution < 1.29 is 15.0 Å². The van der Waals surface area contributed by atoms with Crippen LogP contribution in [0.25, 0.3) is 17.2 Å². The molecule has 0 saturated carbocycles. The lowest BCUT2D eigenvalue weighted by molar-refractivity contribution is -0.135.